The van der Waals surface area contributed by atoms with E-state index in [9.17, 15) is 4.79 Å². The van der Waals surface area contributed by atoms with Crippen molar-refractivity contribution in [1.29, 1.82) is 0 Å². The van der Waals surface area contributed by atoms with Gasteiger partial charge in [-0.2, -0.15) is 0 Å². The van der Waals surface area contributed by atoms with E-state index >= 15 is 0 Å². The molecule has 2 nitrogen and oxygen atoms in total. The van der Waals surface area contributed by atoms with E-state index in [0.717, 1.165) is 12.5 Å². The summed E-state index contributed by atoms with van der Waals surface area (Å²) in [6.07, 6.45) is 8.07. The second kappa shape index (κ2) is 6.05. The Morgan fingerprint density at radius 3 is 2.29 bits per heavy atom. The van der Waals surface area contributed by atoms with E-state index in [-0.39, 0.29) is 11.8 Å². The molecule has 1 rings (SSSR count). The van der Waals surface area contributed by atoms with Crippen LogP contribution in [0.25, 0.3) is 0 Å². The summed E-state index contributed by atoms with van der Waals surface area (Å²) in [5.41, 5.74) is 0. The lowest BCUT2D eigenvalue weighted by atomic mass is 10.0. The molecule has 0 radical (unpaired) electrons. The predicted octanol–water partition coefficient (Wildman–Crippen LogP) is 2.73. The van der Waals surface area contributed by atoms with Gasteiger partial charge in [0.15, 0.2) is 0 Å². The van der Waals surface area contributed by atoms with Crippen LogP contribution < -0.4 is 5.32 Å². The molecule has 0 aliphatic heterocycles. The number of nitrogens with one attached hydrogen (secondary N) is 1. The minimum Gasteiger partial charge on any atom is -0.356 e. The Hall–Kier alpha value is -0.530. The highest BCUT2D eigenvalue weighted by molar-refractivity contribution is 5.77. The number of carbonyl (C=O) groups is 1. The zero-order chi connectivity index (χ0) is 10.4. The zero-order valence-corrected chi connectivity index (χ0v) is 9.51. The van der Waals surface area contributed by atoms with Crippen molar-refractivity contribution in [3.63, 3.8) is 0 Å². The summed E-state index contributed by atoms with van der Waals surface area (Å²) in [5, 5.41) is 3.04. The van der Waals surface area contributed by atoms with E-state index in [1.54, 1.807) is 0 Å². The van der Waals surface area contributed by atoms with Crippen LogP contribution in [0.4, 0.5) is 0 Å². The Balaban J connectivity index is 2.19. The fraction of sp³-hybridized carbons (Fsp3) is 0.917. The Morgan fingerprint density at radius 2 is 1.79 bits per heavy atom. The summed E-state index contributed by atoms with van der Waals surface area (Å²) in [6.45, 7) is 4.79. The van der Waals surface area contributed by atoms with Gasteiger partial charge in [0, 0.05) is 12.5 Å². The average molecular weight is 197 g/mol. The van der Waals surface area contributed by atoms with Crippen molar-refractivity contribution in [3.05, 3.63) is 0 Å². The van der Waals surface area contributed by atoms with Crippen LogP contribution in [-0.2, 0) is 4.79 Å². The molecular formula is C12H23NO. The Kier molecular flexibility index (Phi) is 4.99. The fourth-order valence-electron chi connectivity index (χ4n) is 2.02. The maximum atomic E-state index is 11.4. The molecule has 0 saturated heterocycles. The molecule has 1 fully saturated rings. The Bertz CT molecular complexity index is 169. The maximum absolute atomic E-state index is 11.4. The largest absolute Gasteiger partial charge is 0.356 e. The fourth-order valence-corrected chi connectivity index (χ4v) is 2.02. The number of hydrogen-bond acceptors (Lipinski definition) is 1. The lowest BCUT2D eigenvalue weighted by Gasteiger charge is -2.15. The minimum atomic E-state index is 0.126. The van der Waals surface area contributed by atoms with Crippen molar-refractivity contribution in [2.45, 2.75) is 52.4 Å². The van der Waals surface area contributed by atoms with Crippen molar-refractivity contribution in [3.8, 4) is 0 Å². The van der Waals surface area contributed by atoms with Crippen molar-refractivity contribution < 1.29 is 4.79 Å². The predicted molar refractivity (Wildman–Crippen MR) is 59.0 cm³/mol. The van der Waals surface area contributed by atoms with Gasteiger partial charge in [0.1, 0.15) is 0 Å². The molecule has 0 aromatic rings. The molecule has 2 heteroatoms. The third kappa shape index (κ3) is 4.12. The van der Waals surface area contributed by atoms with Gasteiger partial charge in [-0.25, -0.2) is 0 Å². The monoisotopic (exact) mass is 197 g/mol. The van der Waals surface area contributed by atoms with Gasteiger partial charge < -0.3 is 5.32 Å². The number of rotatable bonds is 3. The van der Waals surface area contributed by atoms with Gasteiger partial charge in [0.25, 0.3) is 0 Å². The van der Waals surface area contributed by atoms with Crippen LogP contribution in [0.1, 0.15) is 52.4 Å². The lowest BCUT2D eigenvalue weighted by Crippen LogP contribution is -2.32. The molecule has 1 saturated carbocycles. The second-order valence-corrected chi connectivity index (χ2v) is 4.76. The van der Waals surface area contributed by atoms with E-state index < -0.39 is 0 Å². The highest BCUT2D eigenvalue weighted by Gasteiger charge is 2.14. The first kappa shape index (κ1) is 11.5. The van der Waals surface area contributed by atoms with Gasteiger partial charge >= 0.3 is 0 Å². The third-order valence-electron chi connectivity index (χ3n) is 3.06. The molecule has 1 aliphatic carbocycles. The molecule has 0 aromatic carbocycles. The standard InChI is InChI=1S/C12H23NO/c1-10(2)12(14)13-9-11-7-5-3-4-6-8-11/h10-11H,3-9H2,1-2H3,(H,13,14). The van der Waals surface area contributed by atoms with Crippen molar-refractivity contribution in [2.24, 2.45) is 11.8 Å². The topological polar surface area (TPSA) is 29.1 Å². The van der Waals surface area contributed by atoms with Crippen LogP contribution in [0.15, 0.2) is 0 Å². The number of hydrogen-bond donors (Lipinski definition) is 1. The molecule has 82 valence electrons. The quantitative estimate of drug-likeness (QED) is 0.692. The molecule has 1 N–H and O–H groups in total. The van der Waals surface area contributed by atoms with Crippen LogP contribution in [0.3, 0.4) is 0 Å². The first-order valence-electron chi connectivity index (χ1n) is 5.98. The first-order valence-corrected chi connectivity index (χ1v) is 5.98. The molecule has 0 atom stereocenters. The Morgan fingerprint density at radius 1 is 1.21 bits per heavy atom. The molecule has 0 heterocycles. The summed E-state index contributed by atoms with van der Waals surface area (Å²) in [6, 6.07) is 0. The van der Waals surface area contributed by atoms with Crippen molar-refractivity contribution >= 4 is 5.91 Å². The lowest BCUT2D eigenvalue weighted by molar-refractivity contribution is -0.124. The van der Waals surface area contributed by atoms with Gasteiger partial charge in [-0.15, -0.1) is 0 Å². The summed E-state index contributed by atoms with van der Waals surface area (Å²) in [5.74, 6) is 1.07. The smallest absolute Gasteiger partial charge is 0.222 e. The van der Waals surface area contributed by atoms with Crippen LogP contribution >= 0.6 is 0 Å². The third-order valence-corrected chi connectivity index (χ3v) is 3.06. The van der Waals surface area contributed by atoms with E-state index in [4.69, 9.17) is 0 Å². The van der Waals surface area contributed by atoms with Gasteiger partial charge in [-0.3, -0.25) is 4.79 Å². The number of carbonyl (C=O) groups excluding carboxylic acids is 1. The normalized spacial score (nSPS) is 19.4. The van der Waals surface area contributed by atoms with Crippen LogP contribution in [0, 0.1) is 11.8 Å². The summed E-state index contributed by atoms with van der Waals surface area (Å²) < 4.78 is 0. The highest BCUT2D eigenvalue weighted by atomic mass is 16.1. The maximum Gasteiger partial charge on any atom is 0.222 e. The molecular weight excluding hydrogens is 174 g/mol. The molecule has 0 aromatic heterocycles. The van der Waals surface area contributed by atoms with Crippen molar-refractivity contribution in [1.82, 2.24) is 5.32 Å². The van der Waals surface area contributed by atoms with E-state index in [1.165, 1.54) is 38.5 Å². The Labute approximate surface area is 87.5 Å². The second-order valence-electron chi connectivity index (χ2n) is 4.76. The van der Waals surface area contributed by atoms with E-state index in [2.05, 4.69) is 5.32 Å². The molecule has 0 bridgehead atoms. The molecule has 0 unspecified atom stereocenters. The minimum absolute atomic E-state index is 0.126. The van der Waals surface area contributed by atoms with Crippen LogP contribution in [0.5, 0.6) is 0 Å². The highest BCUT2D eigenvalue weighted by Crippen LogP contribution is 2.22. The van der Waals surface area contributed by atoms with Crippen LogP contribution in [-0.4, -0.2) is 12.5 Å². The van der Waals surface area contributed by atoms with Gasteiger partial charge in [-0.1, -0.05) is 39.5 Å². The van der Waals surface area contributed by atoms with E-state index in [0.29, 0.717) is 0 Å². The molecule has 0 spiro atoms. The summed E-state index contributed by atoms with van der Waals surface area (Å²) in [7, 11) is 0. The average Bonchev–Trinajstić information content (AvgIpc) is 2.42. The van der Waals surface area contributed by atoms with Crippen molar-refractivity contribution in [2.75, 3.05) is 6.54 Å². The SMILES string of the molecule is CC(C)C(=O)NCC1CCCCCC1. The van der Waals surface area contributed by atoms with Crippen LogP contribution in [0.2, 0.25) is 0 Å². The van der Waals surface area contributed by atoms with Gasteiger partial charge in [0.2, 0.25) is 5.91 Å². The summed E-state index contributed by atoms with van der Waals surface area (Å²) in [4.78, 5) is 11.4. The number of amides is 1. The molecule has 14 heavy (non-hydrogen) atoms. The molecule has 1 aliphatic rings. The van der Waals surface area contributed by atoms with E-state index in [1.807, 2.05) is 13.8 Å². The first-order chi connectivity index (χ1) is 6.70. The van der Waals surface area contributed by atoms with Gasteiger partial charge in [-0.05, 0) is 18.8 Å². The van der Waals surface area contributed by atoms with Gasteiger partial charge in [0.05, 0.1) is 0 Å². The molecule has 1 amide bonds. The zero-order valence-electron chi connectivity index (χ0n) is 9.51. The summed E-state index contributed by atoms with van der Waals surface area (Å²) >= 11 is 0.